The molecule has 2 aromatic rings. The molecule has 0 bridgehead atoms. The SMILES string of the molecule is CC(C)NCc1ccc(N(C)Cc2cccnc2)c(F)c1. The lowest BCUT2D eigenvalue weighted by molar-refractivity contribution is 0.580. The molecule has 0 fully saturated rings. The number of hydrogen-bond acceptors (Lipinski definition) is 3. The number of halogens is 1. The number of nitrogens with zero attached hydrogens (tertiary/aromatic N) is 2. The van der Waals surface area contributed by atoms with Crippen LogP contribution in [0.2, 0.25) is 0 Å². The lowest BCUT2D eigenvalue weighted by atomic mass is 10.1. The molecule has 0 spiro atoms. The van der Waals surface area contributed by atoms with Gasteiger partial charge in [0.05, 0.1) is 5.69 Å². The number of benzene rings is 1. The molecule has 1 aromatic carbocycles. The van der Waals surface area contributed by atoms with Crippen molar-refractivity contribution in [1.29, 1.82) is 0 Å². The van der Waals surface area contributed by atoms with Crippen LogP contribution in [0, 0.1) is 5.82 Å². The van der Waals surface area contributed by atoms with Crippen LogP contribution in [0.25, 0.3) is 0 Å². The summed E-state index contributed by atoms with van der Waals surface area (Å²) in [6, 6.07) is 9.67. The fourth-order valence-electron chi connectivity index (χ4n) is 2.14. The lowest BCUT2D eigenvalue weighted by Gasteiger charge is -2.20. The van der Waals surface area contributed by atoms with E-state index in [1.165, 1.54) is 0 Å². The van der Waals surface area contributed by atoms with Crippen LogP contribution in [0.5, 0.6) is 0 Å². The van der Waals surface area contributed by atoms with Crippen LogP contribution in [0.1, 0.15) is 25.0 Å². The standard InChI is InChI=1S/C17H22FN3/c1-13(2)20-11-14-6-7-17(16(18)9-14)21(3)12-15-5-4-8-19-10-15/h4-10,13,20H,11-12H2,1-3H3. The molecule has 1 heterocycles. The normalized spacial score (nSPS) is 10.9. The van der Waals surface area contributed by atoms with E-state index >= 15 is 0 Å². The highest BCUT2D eigenvalue weighted by molar-refractivity contribution is 5.49. The van der Waals surface area contributed by atoms with Gasteiger partial charge in [-0.3, -0.25) is 4.98 Å². The highest BCUT2D eigenvalue weighted by Gasteiger charge is 2.09. The first-order valence-electron chi connectivity index (χ1n) is 7.18. The van der Waals surface area contributed by atoms with Crippen LogP contribution >= 0.6 is 0 Å². The van der Waals surface area contributed by atoms with E-state index < -0.39 is 0 Å². The molecule has 0 atom stereocenters. The Hall–Kier alpha value is -1.94. The number of rotatable bonds is 6. The van der Waals surface area contributed by atoms with Crippen molar-refractivity contribution in [2.24, 2.45) is 0 Å². The molecule has 0 saturated carbocycles. The fourth-order valence-corrected chi connectivity index (χ4v) is 2.14. The van der Waals surface area contributed by atoms with Crippen molar-refractivity contribution in [2.45, 2.75) is 33.0 Å². The van der Waals surface area contributed by atoms with Gasteiger partial charge in [-0.05, 0) is 29.3 Å². The molecule has 112 valence electrons. The maximum Gasteiger partial charge on any atom is 0.146 e. The molecule has 3 nitrogen and oxygen atoms in total. The van der Waals surface area contributed by atoms with Gasteiger partial charge < -0.3 is 10.2 Å². The summed E-state index contributed by atoms with van der Waals surface area (Å²) in [7, 11) is 1.89. The number of nitrogens with one attached hydrogen (secondary N) is 1. The zero-order valence-corrected chi connectivity index (χ0v) is 12.8. The van der Waals surface area contributed by atoms with E-state index in [1.54, 1.807) is 18.5 Å². The summed E-state index contributed by atoms with van der Waals surface area (Å²) in [4.78, 5) is 5.97. The first kappa shape index (κ1) is 15.4. The third kappa shape index (κ3) is 4.53. The van der Waals surface area contributed by atoms with Crippen molar-refractivity contribution in [2.75, 3.05) is 11.9 Å². The van der Waals surface area contributed by atoms with Crippen molar-refractivity contribution in [3.63, 3.8) is 0 Å². The summed E-state index contributed by atoms with van der Waals surface area (Å²) in [5.41, 5.74) is 2.62. The molecule has 0 saturated heterocycles. The highest BCUT2D eigenvalue weighted by Crippen LogP contribution is 2.21. The zero-order valence-electron chi connectivity index (χ0n) is 12.8. The predicted octanol–water partition coefficient (Wildman–Crippen LogP) is 3.36. The van der Waals surface area contributed by atoms with E-state index in [0.29, 0.717) is 24.8 Å². The molecular formula is C17H22FN3. The molecule has 21 heavy (non-hydrogen) atoms. The molecule has 1 N–H and O–H groups in total. The Morgan fingerprint density at radius 3 is 2.67 bits per heavy atom. The maximum absolute atomic E-state index is 14.2. The van der Waals surface area contributed by atoms with E-state index in [2.05, 4.69) is 24.1 Å². The van der Waals surface area contributed by atoms with Crippen LogP contribution in [0.15, 0.2) is 42.7 Å². The molecule has 1 aromatic heterocycles. The van der Waals surface area contributed by atoms with Crippen LogP contribution in [-0.2, 0) is 13.1 Å². The highest BCUT2D eigenvalue weighted by atomic mass is 19.1. The summed E-state index contributed by atoms with van der Waals surface area (Å²) in [5, 5.41) is 3.29. The largest absolute Gasteiger partial charge is 0.368 e. The van der Waals surface area contributed by atoms with Crippen molar-refractivity contribution >= 4 is 5.69 Å². The van der Waals surface area contributed by atoms with Crippen molar-refractivity contribution < 1.29 is 4.39 Å². The van der Waals surface area contributed by atoms with E-state index in [-0.39, 0.29) is 5.82 Å². The van der Waals surface area contributed by atoms with Crippen LogP contribution in [0.4, 0.5) is 10.1 Å². The Morgan fingerprint density at radius 1 is 1.24 bits per heavy atom. The summed E-state index contributed by atoms with van der Waals surface area (Å²) >= 11 is 0. The molecular weight excluding hydrogens is 265 g/mol. The van der Waals surface area contributed by atoms with E-state index in [0.717, 1.165) is 11.1 Å². The third-order valence-electron chi connectivity index (χ3n) is 3.28. The summed E-state index contributed by atoms with van der Waals surface area (Å²) in [6.45, 7) is 5.47. The first-order chi connectivity index (χ1) is 10.1. The van der Waals surface area contributed by atoms with Gasteiger partial charge in [0.15, 0.2) is 0 Å². The third-order valence-corrected chi connectivity index (χ3v) is 3.28. The number of anilines is 1. The molecule has 2 rings (SSSR count). The van der Waals surface area contributed by atoms with Crippen molar-refractivity contribution in [3.8, 4) is 0 Å². The van der Waals surface area contributed by atoms with Crippen molar-refractivity contribution in [3.05, 3.63) is 59.7 Å². The molecule has 0 aliphatic carbocycles. The smallest absolute Gasteiger partial charge is 0.146 e. The topological polar surface area (TPSA) is 28.2 Å². The monoisotopic (exact) mass is 287 g/mol. The van der Waals surface area contributed by atoms with Gasteiger partial charge in [-0.1, -0.05) is 26.0 Å². The summed E-state index contributed by atoms with van der Waals surface area (Å²) < 4.78 is 14.2. The lowest BCUT2D eigenvalue weighted by Crippen LogP contribution is -2.22. The van der Waals surface area contributed by atoms with Crippen molar-refractivity contribution in [1.82, 2.24) is 10.3 Å². The minimum atomic E-state index is -0.190. The van der Waals surface area contributed by atoms with Gasteiger partial charge in [0, 0.05) is 38.6 Å². The minimum absolute atomic E-state index is 0.190. The molecule has 4 heteroatoms. The molecule has 0 amide bonds. The predicted molar refractivity (Wildman–Crippen MR) is 84.7 cm³/mol. The molecule has 0 unspecified atom stereocenters. The van der Waals surface area contributed by atoms with Gasteiger partial charge in [0.25, 0.3) is 0 Å². The number of hydrogen-bond donors (Lipinski definition) is 1. The minimum Gasteiger partial charge on any atom is -0.368 e. The van der Waals surface area contributed by atoms with E-state index in [4.69, 9.17) is 0 Å². The number of aromatic nitrogens is 1. The molecule has 0 aliphatic heterocycles. The number of pyridine rings is 1. The Balaban J connectivity index is 2.06. The van der Waals surface area contributed by atoms with Crippen LogP contribution in [0.3, 0.4) is 0 Å². The second-order valence-corrected chi connectivity index (χ2v) is 5.54. The first-order valence-corrected chi connectivity index (χ1v) is 7.18. The average molecular weight is 287 g/mol. The summed E-state index contributed by atoms with van der Waals surface area (Å²) in [6.07, 6.45) is 3.54. The molecule has 0 aliphatic rings. The second-order valence-electron chi connectivity index (χ2n) is 5.54. The van der Waals surface area contributed by atoms with E-state index in [9.17, 15) is 4.39 Å². The quantitative estimate of drug-likeness (QED) is 0.883. The van der Waals surface area contributed by atoms with Gasteiger partial charge in [0.2, 0.25) is 0 Å². The maximum atomic E-state index is 14.2. The van der Waals surface area contributed by atoms with Crippen LogP contribution in [-0.4, -0.2) is 18.1 Å². The van der Waals surface area contributed by atoms with Gasteiger partial charge in [0.1, 0.15) is 5.82 Å². The Bertz CT molecular complexity index is 570. The Kier molecular flexibility index (Phi) is 5.28. The second kappa shape index (κ2) is 7.18. The van der Waals surface area contributed by atoms with Gasteiger partial charge >= 0.3 is 0 Å². The Labute approximate surface area is 125 Å². The average Bonchev–Trinajstić information content (AvgIpc) is 2.46. The Morgan fingerprint density at radius 2 is 2.05 bits per heavy atom. The van der Waals surface area contributed by atoms with Gasteiger partial charge in [-0.15, -0.1) is 0 Å². The summed E-state index contributed by atoms with van der Waals surface area (Å²) in [5.74, 6) is -0.190. The van der Waals surface area contributed by atoms with Gasteiger partial charge in [-0.25, -0.2) is 4.39 Å². The fraction of sp³-hybridized carbons (Fsp3) is 0.353. The van der Waals surface area contributed by atoms with Crippen LogP contribution < -0.4 is 10.2 Å². The zero-order chi connectivity index (χ0) is 15.2. The van der Waals surface area contributed by atoms with E-state index in [1.807, 2.05) is 36.2 Å². The van der Waals surface area contributed by atoms with Gasteiger partial charge in [-0.2, -0.15) is 0 Å². The molecule has 0 radical (unpaired) electrons.